The molecule has 1 aliphatic rings. The van der Waals surface area contributed by atoms with Gasteiger partial charge in [0.2, 0.25) is 5.75 Å². The van der Waals surface area contributed by atoms with Gasteiger partial charge in [-0.25, -0.2) is 9.78 Å². The molecule has 0 spiro atoms. The Labute approximate surface area is 210 Å². The molecule has 3 atom stereocenters. The minimum atomic E-state index is -0.890. The van der Waals surface area contributed by atoms with Gasteiger partial charge in [-0.15, -0.1) is 0 Å². The maximum atomic E-state index is 13.0. The quantitative estimate of drug-likeness (QED) is 0.544. The van der Waals surface area contributed by atoms with Gasteiger partial charge in [-0.1, -0.05) is 25.0 Å². The van der Waals surface area contributed by atoms with Crippen LogP contribution in [0, 0.1) is 0 Å². The zero-order valence-electron chi connectivity index (χ0n) is 20.9. The van der Waals surface area contributed by atoms with Crippen LogP contribution in [0.15, 0.2) is 36.5 Å². The highest BCUT2D eigenvalue weighted by atomic mass is 16.6. The van der Waals surface area contributed by atoms with Crippen molar-refractivity contribution in [2.75, 3.05) is 14.2 Å². The molecule has 10 nitrogen and oxygen atoms in total. The van der Waals surface area contributed by atoms with Gasteiger partial charge in [0, 0.05) is 19.2 Å². The molecule has 0 aliphatic carbocycles. The molecule has 1 N–H and O–H groups in total. The summed E-state index contributed by atoms with van der Waals surface area (Å²) in [6, 6.07) is 8.15. The van der Waals surface area contributed by atoms with Gasteiger partial charge in [-0.3, -0.25) is 9.59 Å². The Hall–Kier alpha value is -3.66. The zero-order chi connectivity index (χ0) is 26.1. The summed E-state index contributed by atoms with van der Waals surface area (Å²) in [5.41, 5.74) is 0.819. The largest absolute Gasteiger partial charge is 0.497 e. The summed E-state index contributed by atoms with van der Waals surface area (Å²) in [6.07, 6.45) is 3.11. The van der Waals surface area contributed by atoms with E-state index >= 15 is 0 Å². The van der Waals surface area contributed by atoms with Gasteiger partial charge in [0.05, 0.1) is 26.9 Å². The molecule has 1 saturated heterocycles. The van der Waals surface area contributed by atoms with Crippen LogP contribution < -0.4 is 19.5 Å². The lowest BCUT2D eigenvalue weighted by Gasteiger charge is -2.25. The minimum absolute atomic E-state index is 0.109. The molecule has 194 valence electrons. The average molecular weight is 501 g/mol. The summed E-state index contributed by atoms with van der Waals surface area (Å²) in [4.78, 5) is 41.5. The Morgan fingerprint density at radius 1 is 1.08 bits per heavy atom. The standard InChI is InChI=1S/C26H32N2O8/c1-16-21(34-15-18-9-11-19(32-3)12-10-18)8-6-5-7-20(26(31)35-16)28-25(30)23-24(36-17(2)29)22(33-4)13-14-27-23/h9-14,16,20-21H,5-8,15H2,1-4H3,(H,28,30)/t16-,20-,21+/m0/s1. The van der Waals surface area contributed by atoms with Crippen LogP contribution in [0.3, 0.4) is 0 Å². The molecule has 1 aromatic carbocycles. The number of hydrogen-bond donors (Lipinski definition) is 1. The summed E-state index contributed by atoms with van der Waals surface area (Å²) < 4.78 is 27.3. The number of pyridine rings is 1. The highest BCUT2D eigenvalue weighted by molar-refractivity contribution is 5.98. The monoisotopic (exact) mass is 500 g/mol. The number of esters is 2. The van der Waals surface area contributed by atoms with Gasteiger partial charge >= 0.3 is 11.9 Å². The number of carbonyl (C=O) groups is 3. The second kappa shape index (κ2) is 12.9. The Kier molecular flexibility index (Phi) is 9.63. The molecule has 0 radical (unpaired) electrons. The maximum Gasteiger partial charge on any atom is 0.329 e. The average Bonchev–Trinajstić information content (AvgIpc) is 2.92. The van der Waals surface area contributed by atoms with Crippen LogP contribution in [-0.2, 0) is 25.7 Å². The molecule has 0 saturated carbocycles. The number of ether oxygens (including phenoxy) is 5. The SMILES string of the molecule is COc1ccc(CO[C@@H]2CCCC[C@H](NC(=O)c3nccc(OC)c3OC(C)=O)C(=O)O[C@H]2C)cc1. The van der Waals surface area contributed by atoms with Crippen molar-refractivity contribution in [2.45, 2.75) is 64.4 Å². The summed E-state index contributed by atoms with van der Waals surface area (Å²) in [5.74, 6) is -1.04. The summed E-state index contributed by atoms with van der Waals surface area (Å²) >= 11 is 0. The molecule has 1 fully saturated rings. The summed E-state index contributed by atoms with van der Waals surface area (Å²) in [7, 11) is 2.99. The Balaban J connectivity index is 1.65. The normalized spacial score (nSPS) is 20.2. The van der Waals surface area contributed by atoms with Gasteiger partial charge in [-0.05, 0) is 37.5 Å². The van der Waals surface area contributed by atoms with E-state index in [4.69, 9.17) is 23.7 Å². The molecule has 1 amide bonds. The van der Waals surface area contributed by atoms with E-state index in [2.05, 4.69) is 10.3 Å². The third-order valence-corrected chi connectivity index (χ3v) is 5.82. The van der Waals surface area contributed by atoms with E-state index < -0.39 is 30.0 Å². The lowest BCUT2D eigenvalue weighted by molar-refractivity contribution is -0.158. The number of carbonyl (C=O) groups excluding carboxylic acids is 3. The number of cyclic esters (lactones) is 1. The number of amides is 1. The third kappa shape index (κ3) is 7.17. The second-order valence-corrected chi connectivity index (χ2v) is 8.43. The molecule has 3 rings (SSSR count). The predicted molar refractivity (Wildman–Crippen MR) is 129 cm³/mol. The van der Waals surface area contributed by atoms with Crippen LogP contribution in [0.25, 0.3) is 0 Å². The van der Waals surface area contributed by atoms with Gasteiger partial charge in [0.1, 0.15) is 17.9 Å². The lowest BCUT2D eigenvalue weighted by atomic mass is 10.0. The Bertz CT molecular complexity index is 1060. The zero-order valence-corrected chi connectivity index (χ0v) is 20.9. The first-order chi connectivity index (χ1) is 17.3. The van der Waals surface area contributed by atoms with Crippen molar-refractivity contribution in [3.8, 4) is 17.2 Å². The smallest absolute Gasteiger partial charge is 0.329 e. The Morgan fingerprint density at radius 2 is 1.81 bits per heavy atom. The number of methoxy groups -OCH3 is 2. The number of hydrogen-bond acceptors (Lipinski definition) is 9. The highest BCUT2D eigenvalue weighted by Gasteiger charge is 2.31. The van der Waals surface area contributed by atoms with E-state index in [0.717, 1.165) is 17.7 Å². The van der Waals surface area contributed by atoms with E-state index in [1.54, 1.807) is 14.0 Å². The van der Waals surface area contributed by atoms with Gasteiger partial charge < -0.3 is 29.0 Å². The van der Waals surface area contributed by atoms with Crippen LogP contribution in [0.1, 0.15) is 55.6 Å². The van der Waals surface area contributed by atoms with Crippen LogP contribution in [0.2, 0.25) is 0 Å². The van der Waals surface area contributed by atoms with Crippen molar-refractivity contribution in [1.29, 1.82) is 0 Å². The van der Waals surface area contributed by atoms with E-state index in [1.165, 1.54) is 26.3 Å². The van der Waals surface area contributed by atoms with Crippen LogP contribution >= 0.6 is 0 Å². The summed E-state index contributed by atoms with van der Waals surface area (Å²) in [5, 5.41) is 2.67. The lowest BCUT2D eigenvalue weighted by Crippen LogP contribution is -2.44. The first kappa shape index (κ1) is 26.9. The molecule has 0 unspecified atom stereocenters. The minimum Gasteiger partial charge on any atom is -0.497 e. The maximum absolute atomic E-state index is 13.0. The first-order valence-corrected chi connectivity index (χ1v) is 11.8. The first-order valence-electron chi connectivity index (χ1n) is 11.8. The van der Waals surface area contributed by atoms with Gasteiger partial charge in [0.25, 0.3) is 5.91 Å². The molecule has 1 aromatic heterocycles. The molecule has 1 aliphatic heterocycles. The molecule has 10 heteroatoms. The van der Waals surface area contributed by atoms with Crippen LogP contribution in [0.4, 0.5) is 0 Å². The number of nitrogens with zero attached hydrogens (tertiary/aromatic N) is 1. The number of aromatic nitrogens is 1. The topological polar surface area (TPSA) is 122 Å². The molecule has 2 aromatic rings. The molecule has 36 heavy (non-hydrogen) atoms. The Morgan fingerprint density at radius 3 is 2.47 bits per heavy atom. The van der Waals surface area contributed by atoms with Crippen molar-refractivity contribution >= 4 is 17.8 Å². The highest BCUT2D eigenvalue weighted by Crippen LogP contribution is 2.30. The van der Waals surface area contributed by atoms with E-state index in [9.17, 15) is 14.4 Å². The van der Waals surface area contributed by atoms with Crippen LogP contribution in [-0.4, -0.2) is 55.3 Å². The predicted octanol–water partition coefficient (Wildman–Crippen LogP) is 3.21. The van der Waals surface area contributed by atoms with Crippen LogP contribution in [0.5, 0.6) is 17.2 Å². The van der Waals surface area contributed by atoms with Crippen molar-refractivity contribution in [3.63, 3.8) is 0 Å². The van der Waals surface area contributed by atoms with E-state index in [0.29, 0.717) is 25.9 Å². The fourth-order valence-electron chi connectivity index (χ4n) is 3.88. The fourth-order valence-corrected chi connectivity index (χ4v) is 3.88. The van der Waals surface area contributed by atoms with Crippen molar-refractivity contribution in [2.24, 2.45) is 0 Å². The number of nitrogens with one attached hydrogen (secondary N) is 1. The molecular formula is C26H32N2O8. The molecule has 2 heterocycles. The van der Waals surface area contributed by atoms with Crippen molar-refractivity contribution < 1.29 is 38.1 Å². The fraction of sp³-hybridized carbons (Fsp3) is 0.462. The van der Waals surface area contributed by atoms with Crippen molar-refractivity contribution in [1.82, 2.24) is 10.3 Å². The second-order valence-electron chi connectivity index (χ2n) is 8.43. The van der Waals surface area contributed by atoms with Gasteiger partial charge in [0.15, 0.2) is 11.4 Å². The number of benzene rings is 1. The third-order valence-electron chi connectivity index (χ3n) is 5.82. The number of rotatable bonds is 8. The van der Waals surface area contributed by atoms with E-state index in [1.807, 2.05) is 24.3 Å². The molecule has 0 bridgehead atoms. The van der Waals surface area contributed by atoms with E-state index in [-0.39, 0.29) is 23.3 Å². The molecular weight excluding hydrogens is 468 g/mol. The summed E-state index contributed by atoms with van der Waals surface area (Å²) in [6.45, 7) is 3.36. The van der Waals surface area contributed by atoms with Gasteiger partial charge in [-0.2, -0.15) is 0 Å². The van der Waals surface area contributed by atoms with Crippen molar-refractivity contribution in [3.05, 3.63) is 47.8 Å².